The fourth-order valence-electron chi connectivity index (χ4n) is 2.04. The topological polar surface area (TPSA) is 63.5 Å². The van der Waals surface area contributed by atoms with Crippen LogP contribution in [0.2, 0.25) is 0 Å². The van der Waals surface area contributed by atoms with Crippen LogP contribution in [0.5, 0.6) is 0 Å². The van der Waals surface area contributed by atoms with Gasteiger partial charge in [0.25, 0.3) is 11.6 Å². The fourth-order valence-corrected chi connectivity index (χ4v) is 3.31. The second-order valence-corrected chi connectivity index (χ2v) is 5.62. The molecule has 0 aromatic heterocycles. The Morgan fingerprint density at radius 2 is 2.10 bits per heavy atom. The average molecular weight is 302 g/mol. The van der Waals surface area contributed by atoms with Crippen LogP contribution in [0.25, 0.3) is 0 Å². The van der Waals surface area contributed by atoms with E-state index in [1.54, 1.807) is 11.8 Å². The molecule has 0 N–H and O–H groups in total. The number of hydrogen-bond donors (Lipinski definition) is 0. The molecule has 0 saturated carbocycles. The van der Waals surface area contributed by atoms with Gasteiger partial charge in [-0.3, -0.25) is 14.9 Å². The highest BCUT2D eigenvalue weighted by Crippen LogP contribution is 2.27. The third-order valence-electron chi connectivity index (χ3n) is 3.24. The van der Waals surface area contributed by atoms with Crippen LogP contribution in [0.4, 0.5) is 14.5 Å². The van der Waals surface area contributed by atoms with Crippen molar-refractivity contribution in [1.29, 1.82) is 0 Å². The summed E-state index contributed by atoms with van der Waals surface area (Å²) in [5, 5.41) is 10.9. The zero-order chi connectivity index (χ0) is 14.9. The minimum Gasteiger partial charge on any atom is -0.338 e. The molecule has 5 nitrogen and oxygen atoms in total. The largest absolute Gasteiger partial charge is 0.338 e. The van der Waals surface area contributed by atoms with Crippen molar-refractivity contribution in [2.24, 2.45) is 0 Å². The van der Waals surface area contributed by atoms with E-state index in [9.17, 15) is 23.7 Å². The lowest BCUT2D eigenvalue weighted by molar-refractivity contribution is -0.385. The number of carbonyl (C=O) groups excluding carboxylic acids is 1. The van der Waals surface area contributed by atoms with Gasteiger partial charge in [0.1, 0.15) is 5.56 Å². The van der Waals surface area contributed by atoms with E-state index in [2.05, 4.69) is 0 Å². The molecule has 2 rings (SSSR count). The van der Waals surface area contributed by atoms with Crippen molar-refractivity contribution >= 4 is 23.4 Å². The Labute approximate surface area is 118 Å². The zero-order valence-corrected chi connectivity index (χ0v) is 11.5. The molecule has 1 heterocycles. The van der Waals surface area contributed by atoms with Gasteiger partial charge in [-0.1, -0.05) is 0 Å². The van der Waals surface area contributed by atoms with Gasteiger partial charge in [-0.2, -0.15) is 11.8 Å². The maximum atomic E-state index is 13.3. The van der Waals surface area contributed by atoms with Crippen LogP contribution < -0.4 is 0 Å². The number of rotatable bonds is 3. The van der Waals surface area contributed by atoms with Crippen LogP contribution in [0.3, 0.4) is 0 Å². The van der Waals surface area contributed by atoms with Gasteiger partial charge in [-0.15, -0.1) is 0 Å². The first-order valence-electron chi connectivity index (χ1n) is 5.90. The first-order chi connectivity index (χ1) is 9.41. The van der Waals surface area contributed by atoms with Crippen molar-refractivity contribution in [3.05, 3.63) is 39.4 Å². The number of amides is 1. The molecule has 1 aliphatic heterocycles. The van der Waals surface area contributed by atoms with E-state index in [0.717, 1.165) is 17.9 Å². The normalized spacial score (nSPS) is 18.1. The summed E-state index contributed by atoms with van der Waals surface area (Å²) in [6.45, 7) is 0. The molecule has 1 saturated heterocycles. The Morgan fingerprint density at radius 1 is 1.45 bits per heavy atom. The molecule has 0 radical (unpaired) electrons. The molecule has 108 valence electrons. The lowest BCUT2D eigenvalue weighted by atomic mass is 10.1. The van der Waals surface area contributed by atoms with E-state index >= 15 is 0 Å². The predicted octanol–water partition coefficient (Wildman–Crippen LogP) is 2.45. The maximum Gasteiger partial charge on any atom is 0.285 e. The third-order valence-corrected chi connectivity index (χ3v) is 4.38. The lowest BCUT2D eigenvalue weighted by Crippen LogP contribution is -2.37. The van der Waals surface area contributed by atoms with Gasteiger partial charge >= 0.3 is 0 Å². The Balaban J connectivity index is 2.37. The highest BCUT2D eigenvalue weighted by molar-refractivity contribution is 7.99. The second-order valence-electron chi connectivity index (χ2n) is 4.47. The lowest BCUT2D eigenvalue weighted by Gasteiger charge is -2.23. The van der Waals surface area contributed by atoms with Crippen LogP contribution in [0, 0.1) is 21.7 Å². The minimum atomic E-state index is -1.34. The highest BCUT2D eigenvalue weighted by Gasteiger charge is 2.30. The van der Waals surface area contributed by atoms with Gasteiger partial charge in [-0.05, 0) is 18.2 Å². The molecule has 1 fully saturated rings. The van der Waals surface area contributed by atoms with Crippen molar-refractivity contribution < 1.29 is 18.5 Å². The fraction of sp³-hybridized carbons (Fsp3) is 0.417. The Hall–Kier alpha value is -1.70. The summed E-state index contributed by atoms with van der Waals surface area (Å²) in [7, 11) is 1.52. The van der Waals surface area contributed by atoms with Gasteiger partial charge < -0.3 is 4.90 Å². The van der Waals surface area contributed by atoms with E-state index in [-0.39, 0.29) is 6.04 Å². The standard InChI is InChI=1S/C12H12F2N2O3S/c1-15(7-2-3-20-6-7)12(17)8-4-9(13)10(14)5-11(8)16(18)19/h4-5,7H,2-3,6H2,1H3. The summed E-state index contributed by atoms with van der Waals surface area (Å²) in [5.74, 6) is -1.63. The molecule has 1 atom stereocenters. The molecule has 1 amide bonds. The van der Waals surface area contributed by atoms with E-state index < -0.39 is 33.7 Å². The van der Waals surface area contributed by atoms with Crippen molar-refractivity contribution in [2.75, 3.05) is 18.6 Å². The van der Waals surface area contributed by atoms with Gasteiger partial charge in [0.2, 0.25) is 0 Å². The number of carbonyl (C=O) groups is 1. The summed E-state index contributed by atoms with van der Waals surface area (Å²) in [4.78, 5) is 23.6. The summed E-state index contributed by atoms with van der Waals surface area (Å²) in [6.07, 6.45) is 0.782. The molecule has 1 aliphatic rings. The van der Waals surface area contributed by atoms with Crippen LogP contribution in [0.1, 0.15) is 16.8 Å². The number of thioether (sulfide) groups is 1. The summed E-state index contributed by atoms with van der Waals surface area (Å²) >= 11 is 1.68. The van der Waals surface area contributed by atoms with Crippen LogP contribution in [-0.2, 0) is 0 Å². The summed E-state index contributed by atoms with van der Waals surface area (Å²) in [6, 6.07) is 0.994. The monoisotopic (exact) mass is 302 g/mol. The molecule has 0 spiro atoms. The molecule has 8 heteroatoms. The first kappa shape index (κ1) is 14.7. The van der Waals surface area contributed by atoms with Crippen molar-refractivity contribution in [3.8, 4) is 0 Å². The van der Waals surface area contributed by atoms with Crippen LogP contribution in [0.15, 0.2) is 12.1 Å². The van der Waals surface area contributed by atoms with E-state index in [1.807, 2.05) is 0 Å². The Bertz CT molecular complexity index is 562. The number of hydrogen-bond acceptors (Lipinski definition) is 4. The van der Waals surface area contributed by atoms with Crippen molar-refractivity contribution in [3.63, 3.8) is 0 Å². The quantitative estimate of drug-likeness (QED) is 0.635. The Kier molecular flexibility index (Phi) is 4.22. The number of halogens is 2. The number of nitro groups is 1. The minimum absolute atomic E-state index is 0.0415. The second kappa shape index (κ2) is 5.74. The highest BCUT2D eigenvalue weighted by atomic mass is 32.2. The smallest absolute Gasteiger partial charge is 0.285 e. The average Bonchev–Trinajstić information content (AvgIpc) is 2.93. The Morgan fingerprint density at radius 3 is 2.65 bits per heavy atom. The molecule has 0 aliphatic carbocycles. The maximum absolute atomic E-state index is 13.3. The number of benzene rings is 1. The first-order valence-corrected chi connectivity index (χ1v) is 7.05. The van der Waals surface area contributed by atoms with Gasteiger partial charge in [0.05, 0.1) is 11.0 Å². The molecule has 1 aromatic carbocycles. The summed E-state index contributed by atoms with van der Waals surface area (Å²) < 4.78 is 26.3. The molecule has 1 aromatic rings. The van der Waals surface area contributed by atoms with Crippen molar-refractivity contribution in [2.45, 2.75) is 12.5 Å². The van der Waals surface area contributed by atoms with E-state index in [1.165, 1.54) is 11.9 Å². The molecular formula is C12H12F2N2O3S. The molecule has 20 heavy (non-hydrogen) atoms. The predicted molar refractivity (Wildman–Crippen MR) is 70.8 cm³/mol. The van der Waals surface area contributed by atoms with E-state index in [0.29, 0.717) is 12.1 Å². The van der Waals surface area contributed by atoms with Crippen molar-refractivity contribution in [1.82, 2.24) is 4.90 Å². The number of nitrogens with zero attached hydrogens (tertiary/aromatic N) is 2. The molecule has 0 bridgehead atoms. The summed E-state index contributed by atoms with van der Waals surface area (Å²) in [5.41, 5.74) is -1.14. The molecule has 1 unspecified atom stereocenters. The SMILES string of the molecule is CN(C(=O)c1cc(F)c(F)cc1[N+](=O)[O-])C1CCSC1. The zero-order valence-electron chi connectivity index (χ0n) is 10.6. The van der Waals surface area contributed by atoms with Gasteiger partial charge in [0.15, 0.2) is 11.6 Å². The third kappa shape index (κ3) is 2.74. The number of nitro benzene ring substituents is 1. The molecular weight excluding hydrogens is 290 g/mol. The van der Waals surface area contributed by atoms with Gasteiger partial charge in [0, 0.05) is 18.8 Å². The van der Waals surface area contributed by atoms with Crippen LogP contribution >= 0.6 is 11.8 Å². The van der Waals surface area contributed by atoms with Gasteiger partial charge in [-0.25, -0.2) is 8.78 Å². The van der Waals surface area contributed by atoms with Crippen LogP contribution in [-0.4, -0.2) is 40.3 Å². The van der Waals surface area contributed by atoms with E-state index in [4.69, 9.17) is 0 Å².